The molecule has 0 bridgehead atoms. The zero-order valence-corrected chi connectivity index (χ0v) is 20.6. The molecule has 0 atom stereocenters. The number of ether oxygens (including phenoxy) is 1. The van der Waals surface area contributed by atoms with Gasteiger partial charge in [0.25, 0.3) is 12.3 Å². The van der Waals surface area contributed by atoms with Gasteiger partial charge < -0.3 is 9.64 Å². The maximum absolute atomic E-state index is 14.2. The number of amides is 1. The molecule has 5 rings (SSSR count). The van der Waals surface area contributed by atoms with E-state index in [0.29, 0.717) is 54.6 Å². The van der Waals surface area contributed by atoms with Crippen LogP contribution in [0.4, 0.5) is 13.2 Å². The van der Waals surface area contributed by atoms with Gasteiger partial charge in [-0.05, 0) is 30.3 Å². The molecule has 1 aliphatic heterocycles. The summed E-state index contributed by atoms with van der Waals surface area (Å²) < 4.78 is 48.5. The van der Waals surface area contributed by atoms with Gasteiger partial charge >= 0.3 is 0 Å². The van der Waals surface area contributed by atoms with E-state index >= 15 is 0 Å². The average molecular weight is 530 g/mol. The van der Waals surface area contributed by atoms with E-state index in [9.17, 15) is 18.0 Å². The summed E-state index contributed by atoms with van der Waals surface area (Å²) in [6.07, 6.45) is -1.57. The highest BCUT2D eigenvalue weighted by Gasteiger charge is 2.28. The number of para-hydroxylation sites is 1. The third kappa shape index (κ3) is 4.86. The maximum Gasteiger partial charge on any atom is 0.280 e. The van der Waals surface area contributed by atoms with E-state index in [2.05, 4.69) is 10.1 Å². The number of aromatic nitrogens is 3. The van der Waals surface area contributed by atoms with Crippen molar-refractivity contribution in [2.75, 3.05) is 33.3 Å². The Balaban J connectivity index is 1.41. The van der Waals surface area contributed by atoms with Crippen molar-refractivity contribution in [1.82, 2.24) is 24.4 Å². The van der Waals surface area contributed by atoms with Crippen LogP contribution in [0.1, 0.15) is 28.0 Å². The lowest BCUT2D eigenvalue weighted by molar-refractivity contribution is 0.0628. The second kappa shape index (κ2) is 10.4. The fourth-order valence-corrected chi connectivity index (χ4v) is 4.70. The van der Waals surface area contributed by atoms with Crippen LogP contribution in [0, 0.1) is 5.82 Å². The molecule has 0 spiro atoms. The zero-order valence-electron chi connectivity index (χ0n) is 19.9. The first-order valence-corrected chi connectivity index (χ1v) is 12.0. The second-order valence-electron chi connectivity index (χ2n) is 8.63. The van der Waals surface area contributed by atoms with Gasteiger partial charge in [-0.25, -0.2) is 22.7 Å². The molecule has 1 fully saturated rings. The van der Waals surface area contributed by atoms with E-state index in [0.717, 1.165) is 4.52 Å². The maximum atomic E-state index is 14.2. The fourth-order valence-electron chi connectivity index (χ4n) is 4.47. The van der Waals surface area contributed by atoms with E-state index in [1.807, 2.05) is 4.90 Å². The van der Waals surface area contributed by atoms with Gasteiger partial charge in [0.05, 0.1) is 19.0 Å². The number of halogens is 4. The Labute approximate surface area is 216 Å². The van der Waals surface area contributed by atoms with Gasteiger partial charge in [0.2, 0.25) is 0 Å². The number of piperazine rings is 1. The third-order valence-corrected chi connectivity index (χ3v) is 6.79. The van der Waals surface area contributed by atoms with Crippen LogP contribution in [-0.4, -0.2) is 63.6 Å². The summed E-state index contributed by atoms with van der Waals surface area (Å²) in [4.78, 5) is 21.6. The van der Waals surface area contributed by atoms with E-state index in [1.54, 1.807) is 41.3 Å². The molecule has 0 aliphatic carbocycles. The number of carbonyl (C=O) groups excluding carboxylic acids is 1. The van der Waals surface area contributed by atoms with Crippen molar-refractivity contribution < 1.29 is 22.7 Å². The van der Waals surface area contributed by atoms with Gasteiger partial charge in [0.15, 0.2) is 5.65 Å². The van der Waals surface area contributed by atoms with Crippen molar-refractivity contribution in [2.45, 2.75) is 13.0 Å². The summed E-state index contributed by atoms with van der Waals surface area (Å²) in [5, 5.41) is 4.41. The Bertz CT molecular complexity index is 1430. The van der Waals surface area contributed by atoms with Crippen LogP contribution in [0.3, 0.4) is 0 Å². The summed E-state index contributed by atoms with van der Waals surface area (Å²) in [6, 6.07) is 12.8. The quantitative estimate of drug-likeness (QED) is 0.348. The van der Waals surface area contributed by atoms with Crippen molar-refractivity contribution in [1.29, 1.82) is 0 Å². The Morgan fingerprint density at radius 2 is 1.86 bits per heavy atom. The third-order valence-electron chi connectivity index (χ3n) is 6.44. The van der Waals surface area contributed by atoms with Gasteiger partial charge in [-0.3, -0.25) is 9.69 Å². The number of rotatable bonds is 6. The summed E-state index contributed by atoms with van der Waals surface area (Å²) >= 11 is 6.15. The lowest BCUT2D eigenvalue weighted by Gasteiger charge is -2.34. The van der Waals surface area contributed by atoms with Crippen LogP contribution in [0.5, 0.6) is 5.75 Å². The highest BCUT2D eigenvalue weighted by molar-refractivity contribution is 6.31. The van der Waals surface area contributed by atoms with Gasteiger partial charge in [0, 0.05) is 48.9 Å². The van der Waals surface area contributed by atoms with Crippen molar-refractivity contribution >= 4 is 23.2 Å². The molecule has 2 aromatic heterocycles. The predicted octanol–water partition coefficient (Wildman–Crippen LogP) is 5.09. The topological polar surface area (TPSA) is 63.0 Å². The summed E-state index contributed by atoms with van der Waals surface area (Å²) in [6.45, 7) is 2.06. The van der Waals surface area contributed by atoms with Crippen molar-refractivity contribution in [3.8, 4) is 17.0 Å². The number of hydrogen-bond acceptors (Lipinski definition) is 5. The number of fused-ring (bicyclic) bond motifs is 1. The van der Waals surface area contributed by atoms with Crippen LogP contribution in [0.2, 0.25) is 5.02 Å². The molecule has 1 saturated heterocycles. The number of carbonyl (C=O) groups is 1. The monoisotopic (exact) mass is 529 g/mol. The van der Waals surface area contributed by atoms with Crippen molar-refractivity contribution in [2.24, 2.45) is 0 Å². The Morgan fingerprint density at radius 3 is 2.57 bits per heavy atom. The molecule has 1 aliphatic rings. The van der Waals surface area contributed by atoms with Crippen molar-refractivity contribution in [3.63, 3.8) is 0 Å². The summed E-state index contributed by atoms with van der Waals surface area (Å²) in [5.41, 5.74) is 0.986. The summed E-state index contributed by atoms with van der Waals surface area (Å²) in [7, 11) is 1.49. The molecule has 0 unspecified atom stereocenters. The number of hydrogen-bond donors (Lipinski definition) is 0. The van der Waals surface area contributed by atoms with E-state index in [1.165, 1.54) is 25.4 Å². The molecule has 1 amide bonds. The minimum Gasteiger partial charge on any atom is -0.496 e. The largest absolute Gasteiger partial charge is 0.496 e. The average Bonchev–Trinajstić information content (AvgIpc) is 3.34. The molecule has 11 heteroatoms. The first-order valence-electron chi connectivity index (χ1n) is 11.6. The minimum atomic E-state index is -2.84. The first-order chi connectivity index (χ1) is 17.9. The normalized spacial score (nSPS) is 14.5. The molecule has 0 saturated carbocycles. The number of methoxy groups -OCH3 is 1. The Kier molecular flexibility index (Phi) is 7.03. The second-order valence-corrected chi connectivity index (χ2v) is 9.04. The van der Waals surface area contributed by atoms with Gasteiger partial charge in [-0.15, -0.1) is 0 Å². The van der Waals surface area contributed by atoms with Crippen LogP contribution in [0.15, 0.2) is 54.7 Å². The van der Waals surface area contributed by atoms with Crippen LogP contribution in [-0.2, 0) is 6.54 Å². The van der Waals surface area contributed by atoms with Gasteiger partial charge in [-0.1, -0.05) is 29.8 Å². The fraction of sp³-hybridized carbons (Fsp3) is 0.269. The van der Waals surface area contributed by atoms with E-state index in [4.69, 9.17) is 16.3 Å². The zero-order chi connectivity index (χ0) is 26.1. The highest BCUT2D eigenvalue weighted by Crippen LogP contribution is 2.32. The molecular formula is C26H23ClF3N5O2. The van der Waals surface area contributed by atoms with E-state index in [-0.39, 0.29) is 34.3 Å². The Morgan fingerprint density at radius 1 is 1.11 bits per heavy atom. The SMILES string of the molecule is COc1ccccc1-c1cc(C(F)F)n2ncc(C(=O)N3CCN(Cc4c(F)cccc4Cl)CC3)c2n1. The van der Waals surface area contributed by atoms with E-state index < -0.39 is 6.43 Å². The molecule has 0 radical (unpaired) electrons. The van der Waals surface area contributed by atoms with Crippen LogP contribution in [0.25, 0.3) is 16.9 Å². The van der Waals surface area contributed by atoms with Gasteiger partial charge in [0.1, 0.15) is 22.8 Å². The van der Waals surface area contributed by atoms with Crippen molar-refractivity contribution in [3.05, 3.63) is 82.4 Å². The molecule has 7 nitrogen and oxygen atoms in total. The molecule has 0 N–H and O–H groups in total. The molecule has 192 valence electrons. The lowest BCUT2D eigenvalue weighted by Crippen LogP contribution is -2.48. The number of benzene rings is 2. The lowest BCUT2D eigenvalue weighted by atomic mass is 10.1. The number of nitrogens with zero attached hydrogens (tertiary/aromatic N) is 5. The number of alkyl halides is 2. The van der Waals surface area contributed by atoms with Crippen LogP contribution >= 0.6 is 11.6 Å². The highest BCUT2D eigenvalue weighted by atomic mass is 35.5. The van der Waals surface area contributed by atoms with Crippen LogP contribution < -0.4 is 4.74 Å². The molecular weight excluding hydrogens is 507 g/mol. The minimum absolute atomic E-state index is 0.0456. The summed E-state index contributed by atoms with van der Waals surface area (Å²) in [5.74, 6) is -0.259. The molecule has 37 heavy (non-hydrogen) atoms. The molecule has 2 aromatic carbocycles. The van der Waals surface area contributed by atoms with Gasteiger partial charge in [-0.2, -0.15) is 5.10 Å². The first kappa shape index (κ1) is 25.0. The molecule has 4 aromatic rings. The Hall–Kier alpha value is -3.63. The smallest absolute Gasteiger partial charge is 0.280 e. The standard InChI is InChI=1S/C26H23ClF3N5O2/c1-37-23-8-3-2-5-16(23)21-13-22(24(29)30)35-25(32-21)17(14-31-35)26(36)34-11-9-33(10-12-34)15-18-19(27)6-4-7-20(18)28/h2-8,13-14,24H,9-12,15H2,1H3. The predicted molar refractivity (Wildman–Crippen MR) is 133 cm³/mol. The molecule has 3 heterocycles.